The van der Waals surface area contributed by atoms with Crippen LogP contribution in [0.1, 0.15) is 38.5 Å². The van der Waals surface area contributed by atoms with E-state index in [0.29, 0.717) is 11.7 Å². The number of piperidine rings is 1. The van der Waals surface area contributed by atoms with Crippen LogP contribution in [-0.2, 0) is 11.3 Å². The summed E-state index contributed by atoms with van der Waals surface area (Å²) < 4.78 is 1.95. The van der Waals surface area contributed by atoms with Crippen molar-refractivity contribution >= 4 is 5.78 Å². The minimum atomic E-state index is 0.462. The monoisotopic (exact) mass is 276 g/mol. The second-order valence-electron chi connectivity index (χ2n) is 6.37. The molecule has 0 aromatic carbocycles. The second kappa shape index (κ2) is 6.48. The van der Waals surface area contributed by atoms with E-state index in [0.717, 1.165) is 38.1 Å². The molecule has 3 rings (SSSR count). The Morgan fingerprint density at radius 1 is 1.15 bits per heavy atom. The Labute approximate surface area is 120 Å². The molecule has 1 saturated carbocycles. The highest BCUT2D eigenvalue weighted by molar-refractivity contribution is 5.79. The van der Waals surface area contributed by atoms with Crippen LogP contribution >= 0.6 is 0 Å². The molecule has 0 N–H and O–H groups in total. The molecular weight excluding hydrogens is 252 g/mol. The first-order valence-corrected chi connectivity index (χ1v) is 7.86. The van der Waals surface area contributed by atoms with E-state index in [4.69, 9.17) is 0 Å². The lowest BCUT2D eigenvalue weighted by atomic mass is 9.87. The Kier molecular flexibility index (Phi) is 4.45. The minimum Gasteiger partial charge on any atom is -0.303 e. The first kappa shape index (κ1) is 13.7. The van der Waals surface area contributed by atoms with Crippen LogP contribution in [0.2, 0.25) is 0 Å². The average Bonchev–Trinajstić information content (AvgIpc) is 2.95. The van der Waals surface area contributed by atoms with E-state index in [1.165, 1.54) is 32.5 Å². The summed E-state index contributed by atoms with van der Waals surface area (Å²) in [5.41, 5.74) is 0. The largest absolute Gasteiger partial charge is 0.303 e. The maximum atomic E-state index is 11.3. The Bertz CT molecular complexity index is 421. The van der Waals surface area contributed by atoms with Gasteiger partial charge in [-0.25, -0.2) is 4.98 Å². The lowest BCUT2D eigenvalue weighted by Gasteiger charge is -2.35. The number of carbonyl (C=O) groups excluding carboxylic acids is 1. The van der Waals surface area contributed by atoms with Gasteiger partial charge in [0.1, 0.15) is 18.4 Å². The number of ketones is 1. The van der Waals surface area contributed by atoms with Crippen molar-refractivity contribution < 1.29 is 4.79 Å². The Hall–Kier alpha value is -1.23. The molecule has 1 atom stereocenters. The summed E-state index contributed by atoms with van der Waals surface area (Å²) in [6.07, 6.45) is 9.81. The fraction of sp³-hybridized carbons (Fsp3) is 0.800. The number of hydrogen-bond acceptors (Lipinski definition) is 4. The van der Waals surface area contributed by atoms with E-state index in [-0.39, 0.29) is 0 Å². The third kappa shape index (κ3) is 3.66. The molecule has 0 spiro atoms. The molecule has 1 unspecified atom stereocenters. The number of carbonyl (C=O) groups is 1. The van der Waals surface area contributed by atoms with E-state index in [9.17, 15) is 4.79 Å². The first-order valence-electron chi connectivity index (χ1n) is 7.86. The fourth-order valence-corrected chi connectivity index (χ4v) is 3.60. The molecule has 1 aliphatic heterocycles. The van der Waals surface area contributed by atoms with E-state index in [1.807, 2.05) is 11.0 Å². The van der Waals surface area contributed by atoms with Gasteiger partial charge in [0.2, 0.25) is 0 Å². The predicted octanol–water partition coefficient (Wildman–Crippen LogP) is 1.75. The van der Waals surface area contributed by atoms with Crippen molar-refractivity contribution in [3.8, 4) is 0 Å². The molecule has 2 aliphatic rings. The summed E-state index contributed by atoms with van der Waals surface area (Å²) in [6.45, 7) is 4.56. The summed E-state index contributed by atoms with van der Waals surface area (Å²) in [6, 6.07) is 0. The maximum Gasteiger partial charge on any atom is 0.137 e. The number of aromatic nitrogens is 3. The van der Waals surface area contributed by atoms with E-state index in [2.05, 4.69) is 15.0 Å². The van der Waals surface area contributed by atoms with Gasteiger partial charge in [-0.15, -0.1) is 0 Å². The van der Waals surface area contributed by atoms with Crippen molar-refractivity contribution in [3.05, 3.63) is 12.7 Å². The van der Waals surface area contributed by atoms with Gasteiger partial charge in [-0.2, -0.15) is 5.10 Å². The molecule has 5 heteroatoms. The number of likely N-dealkylation sites (tertiary alicyclic amines) is 1. The van der Waals surface area contributed by atoms with Gasteiger partial charge in [-0.3, -0.25) is 9.48 Å². The van der Waals surface area contributed by atoms with Crippen LogP contribution in [0.3, 0.4) is 0 Å². The number of rotatable bonds is 4. The number of hydrogen-bond donors (Lipinski definition) is 0. The van der Waals surface area contributed by atoms with E-state index < -0.39 is 0 Å². The van der Waals surface area contributed by atoms with Gasteiger partial charge in [0.25, 0.3) is 0 Å². The summed E-state index contributed by atoms with van der Waals surface area (Å²) in [7, 11) is 0. The van der Waals surface area contributed by atoms with Crippen molar-refractivity contribution in [1.29, 1.82) is 0 Å². The molecule has 110 valence electrons. The topological polar surface area (TPSA) is 51.0 Å². The van der Waals surface area contributed by atoms with Crippen molar-refractivity contribution in [2.24, 2.45) is 11.8 Å². The van der Waals surface area contributed by atoms with Crippen LogP contribution in [0.4, 0.5) is 0 Å². The number of nitrogens with zero attached hydrogens (tertiary/aromatic N) is 4. The normalized spacial score (nSPS) is 26.0. The van der Waals surface area contributed by atoms with Gasteiger partial charge in [0.15, 0.2) is 0 Å². The summed E-state index contributed by atoms with van der Waals surface area (Å²) in [4.78, 5) is 17.9. The first-order chi connectivity index (χ1) is 9.79. The zero-order valence-corrected chi connectivity index (χ0v) is 12.1. The van der Waals surface area contributed by atoms with Crippen LogP contribution in [0.5, 0.6) is 0 Å². The van der Waals surface area contributed by atoms with Crippen LogP contribution in [0, 0.1) is 11.8 Å². The smallest absolute Gasteiger partial charge is 0.137 e. The molecule has 2 heterocycles. The molecule has 1 aliphatic carbocycles. The maximum absolute atomic E-state index is 11.3. The zero-order valence-electron chi connectivity index (χ0n) is 12.1. The lowest BCUT2D eigenvalue weighted by molar-refractivity contribution is -0.121. The molecule has 1 saturated heterocycles. The van der Waals surface area contributed by atoms with Gasteiger partial charge >= 0.3 is 0 Å². The van der Waals surface area contributed by atoms with Gasteiger partial charge in [0, 0.05) is 32.5 Å². The van der Waals surface area contributed by atoms with Crippen molar-refractivity contribution in [2.75, 3.05) is 19.6 Å². The molecule has 1 aromatic heterocycles. The van der Waals surface area contributed by atoms with E-state index in [1.54, 1.807) is 6.33 Å². The molecule has 20 heavy (non-hydrogen) atoms. The lowest BCUT2D eigenvalue weighted by Crippen LogP contribution is -2.40. The van der Waals surface area contributed by atoms with Crippen LogP contribution in [0.25, 0.3) is 0 Å². The second-order valence-corrected chi connectivity index (χ2v) is 6.37. The van der Waals surface area contributed by atoms with Crippen LogP contribution in [-0.4, -0.2) is 45.1 Å². The third-order valence-corrected chi connectivity index (χ3v) is 4.69. The minimum absolute atomic E-state index is 0.462. The van der Waals surface area contributed by atoms with Crippen molar-refractivity contribution in [3.63, 3.8) is 0 Å². The quantitative estimate of drug-likeness (QED) is 0.840. The van der Waals surface area contributed by atoms with E-state index >= 15 is 0 Å². The predicted molar refractivity (Wildman–Crippen MR) is 76.2 cm³/mol. The van der Waals surface area contributed by atoms with Crippen molar-refractivity contribution in [2.45, 2.75) is 45.1 Å². The standard InChI is InChI=1S/C15H24N4O/c20-15-5-3-13(4-6-15)8-18-7-1-2-14(9-18)10-19-12-16-11-17-19/h11-14H,1-10H2. The zero-order chi connectivity index (χ0) is 13.8. The molecule has 0 bridgehead atoms. The number of Topliss-reactive ketones (excluding diaryl/α,β-unsaturated/α-hetero) is 1. The average molecular weight is 276 g/mol. The van der Waals surface area contributed by atoms with Gasteiger partial charge in [-0.1, -0.05) is 0 Å². The van der Waals surface area contributed by atoms with Crippen LogP contribution in [0.15, 0.2) is 12.7 Å². The fourth-order valence-electron chi connectivity index (χ4n) is 3.60. The molecule has 1 aromatic rings. The molecular formula is C15H24N4O. The third-order valence-electron chi connectivity index (χ3n) is 4.69. The molecule has 0 amide bonds. The molecule has 5 nitrogen and oxygen atoms in total. The van der Waals surface area contributed by atoms with Crippen LogP contribution < -0.4 is 0 Å². The Balaban J connectivity index is 1.46. The summed E-state index contributed by atoms with van der Waals surface area (Å²) in [5, 5.41) is 4.21. The summed E-state index contributed by atoms with van der Waals surface area (Å²) in [5.74, 6) is 1.89. The Morgan fingerprint density at radius 3 is 2.75 bits per heavy atom. The highest BCUT2D eigenvalue weighted by Crippen LogP contribution is 2.25. The highest BCUT2D eigenvalue weighted by Gasteiger charge is 2.25. The van der Waals surface area contributed by atoms with Gasteiger partial charge in [0.05, 0.1) is 0 Å². The highest BCUT2D eigenvalue weighted by atomic mass is 16.1. The Morgan fingerprint density at radius 2 is 2.00 bits per heavy atom. The SMILES string of the molecule is O=C1CCC(CN2CCCC(Cn3cncn3)C2)CC1. The molecule has 0 radical (unpaired) electrons. The summed E-state index contributed by atoms with van der Waals surface area (Å²) >= 11 is 0. The van der Waals surface area contributed by atoms with Gasteiger partial charge < -0.3 is 4.90 Å². The van der Waals surface area contributed by atoms with Crippen molar-refractivity contribution in [1.82, 2.24) is 19.7 Å². The molecule has 2 fully saturated rings. The van der Waals surface area contributed by atoms with Gasteiger partial charge in [-0.05, 0) is 44.1 Å².